The number of hydrogen-bond donors (Lipinski definition) is 1. The number of hydrogen-bond acceptors (Lipinski definition) is 4. The van der Waals surface area contributed by atoms with Gasteiger partial charge in [-0.25, -0.2) is 0 Å². The van der Waals surface area contributed by atoms with E-state index in [2.05, 4.69) is 16.4 Å². The van der Waals surface area contributed by atoms with Crippen molar-refractivity contribution >= 4 is 17.8 Å². The van der Waals surface area contributed by atoms with Crippen LogP contribution in [0.1, 0.15) is 6.92 Å². The van der Waals surface area contributed by atoms with Gasteiger partial charge < -0.3 is 21.8 Å². The monoisotopic (exact) mass is 260 g/mol. The molecule has 0 aromatic heterocycles. The van der Waals surface area contributed by atoms with E-state index in [-0.39, 0.29) is 35.7 Å². The predicted molar refractivity (Wildman–Crippen MR) is 46.3 cm³/mol. The molecule has 6 nitrogen and oxygen atoms in total. The van der Waals surface area contributed by atoms with Crippen LogP contribution in [-0.2, 0) is 0 Å². The van der Waals surface area contributed by atoms with Crippen LogP contribution in [0.25, 0.3) is 5.53 Å². The van der Waals surface area contributed by atoms with Gasteiger partial charge in [-0.05, 0) is 0 Å². The summed E-state index contributed by atoms with van der Waals surface area (Å²) < 4.78 is 32.0. The molecule has 0 saturated heterocycles. The standard InChI is InChI=1S/C2H2ClF3.C2H4N2.HNO2.H3N.Na/c3-1-2(4,5)6;1-2-4-3;2-1-3;;/h1H2;2H,1H3;(H,2,3);1H3;/q;;;;+1/p-1. The van der Waals surface area contributed by atoms with Gasteiger partial charge in [0, 0.05) is 6.92 Å². The molecule has 0 unspecified atom stereocenters. The van der Waals surface area contributed by atoms with Gasteiger partial charge in [0.1, 0.15) is 5.88 Å². The third-order valence-electron chi connectivity index (χ3n) is 0.267. The zero-order chi connectivity index (χ0) is 11.3. The first-order valence-electron chi connectivity index (χ1n) is 2.59. The van der Waals surface area contributed by atoms with Gasteiger partial charge in [-0.1, -0.05) is 0 Å². The van der Waals surface area contributed by atoms with Crippen LogP contribution in [0.15, 0.2) is 5.34 Å². The van der Waals surface area contributed by atoms with Crippen LogP contribution in [0.3, 0.4) is 0 Å². The molecule has 0 heterocycles. The number of halogens is 4. The average Bonchev–Trinajstić information content (AvgIpc) is 2.05. The van der Waals surface area contributed by atoms with E-state index >= 15 is 0 Å². The fraction of sp³-hybridized carbons (Fsp3) is 0.750. The van der Waals surface area contributed by atoms with E-state index in [9.17, 15) is 13.2 Å². The molecule has 3 N–H and O–H groups in total. The molecule has 15 heavy (non-hydrogen) atoms. The van der Waals surface area contributed by atoms with E-state index in [0.29, 0.717) is 0 Å². The van der Waals surface area contributed by atoms with Crippen molar-refractivity contribution in [2.45, 2.75) is 13.1 Å². The fourth-order valence-corrected chi connectivity index (χ4v) is 0. The normalized spacial score (nSPS) is 6.73. The van der Waals surface area contributed by atoms with E-state index in [1.54, 1.807) is 6.92 Å². The molecule has 0 aliphatic carbocycles. The Morgan fingerprint density at radius 2 is 1.73 bits per heavy atom. The Morgan fingerprint density at radius 1 is 1.60 bits per heavy atom. The Labute approximate surface area is 111 Å². The number of alkyl halides is 4. The fourth-order valence-electron chi connectivity index (χ4n) is 0. The van der Waals surface area contributed by atoms with Gasteiger partial charge in [-0.15, -0.1) is 16.9 Å². The molecule has 0 spiro atoms. The molecule has 0 amide bonds. The maximum atomic E-state index is 10.7. The second-order valence-electron chi connectivity index (χ2n) is 1.20. The minimum absolute atomic E-state index is 0. The van der Waals surface area contributed by atoms with Gasteiger partial charge >= 0.3 is 35.7 Å². The average molecular weight is 261 g/mol. The predicted octanol–water partition coefficient (Wildman–Crippen LogP) is -0.489. The second-order valence-corrected chi connectivity index (χ2v) is 1.46. The first-order chi connectivity index (χ1) is 5.89. The first-order valence-corrected chi connectivity index (χ1v) is 3.12. The van der Waals surface area contributed by atoms with Crippen molar-refractivity contribution in [2.24, 2.45) is 5.34 Å². The largest absolute Gasteiger partial charge is 1.00 e. The maximum Gasteiger partial charge on any atom is 1.00 e. The van der Waals surface area contributed by atoms with Crippen molar-refractivity contribution in [3.63, 3.8) is 0 Å². The van der Waals surface area contributed by atoms with Crippen LogP contribution in [-0.4, -0.2) is 23.1 Å². The Balaban J connectivity index is -0.0000000332. The van der Waals surface area contributed by atoms with Gasteiger partial charge in [0.05, 0.1) is 0 Å². The molecule has 86 valence electrons. The summed E-state index contributed by atoms with van der Waals surface area (Å²) in [6.45, 7) is 1.64. The molecular weight excluding hydrogens is 252 g/mol. The molecule has 0 bridgehead atoms. The molecule has 0 saturated carbocycles. The second kappa shape index (κ2) is 23.6. The van der Waals surface area contributed by atoms with E-state index in [4.69, 9.17) is 15.6 Å². The van der Waals surface area contributed by atoms with Crippen molar-refractivity contribution in [1.29, 1.82) is 0 Å². The van der Waals surface area contributed by atoms with Gasteiger partial charge in [0.2, 0.25) is 0 Å². The molecule has 0 aromatic rings. The van der Waals surface area contributed by atoms with Crippen LogP contribution < -0.4 is 35.7 Å². The summed E-state index contributed by atoms with van der Waals surface area (Å²) in [5, 5.41) is 9.00. The molecule has 0 rings (SSSR count). The van der Waals surface area contributed by atoms with Crippen molar-refractivity contribution < 1.29 is 47.5 Å². The van der Waals surface area contributed by atoms with Gasteiger partial charge in [-0.2, -0.15) is 18.0 Å². The topological polar surface area (TPSA) is 124 Å². The van der Waals surface area contributed by atoms with Crippen molar-refractivity contribution in [3.05, 3.63) is 15.6 Å². The summed E-state index contributed by atoms with van der Waals surface area (Å²) in [7, 11) is 0. The number of nitrogens with zero attached hydrogens (tertiary/aromatic N) is 3. The summed E-state index contributed by atoms with van der Waals surface area (Å²) in [5.74, 6) is -1.26. The molecule has 0 radical (unpaired) electrons. The van der Waals surface area contributed by atoms with Crippen molar-refractivity contribution in [1.82, 2.24) is 6.15 Å². The van der Waals surface area contributed by atoms with E-state index in [1.165, 1.54) is 6.21 Å². The Hall–Kier alpha value is -0.180. The SMILES string of the molecule is CC=[N+]=[N-].FC(F)(F)CCl.N.O=N[O-].[Na+]. The molecule has 0 aliphatic heterocycles. The third-order valence-corrected chi connectivity index (χ3v) is 0.570. The number of rotatable bonds is 0. The van der Waals surface area contributed by atoms with Crippen molar-refractivity contribution in [3.8, 4) is 0 Å². The molecule has 0 fully saturated rings. The van der Waals surface area contributed by atoms with E-state index < -0.39 is 12.1 Å². The summed E-state index contributed by atoms with van der Waals surface area (Å²) in [5.41, 5.74) is 7.44. The van der Waals surface area contributed by atoms with Crippen molar-refractivity contribution in [2.75, 3.05) is 5.88 Å². The van der Waals surface area contributed by atoms with Gasteiger partial charge in [0.25, 0.3) is 6.21 Å². The van der Waals surface area contributed by atoms with Gasteiger partial charge in [-0.3, -0.25) is 0 Å². The van der Waals surface area contributed by atoms with E-state index in [0.717, 1.165) is 5.34 Å². The Morgan fingerprint density at radius 3 is 1.73 bits per heavy atom. The molecular formula is C4H9ClF3N4NaO2. The molecule has 11 heteroatoms. The molecule has 0 aliphatic rings. The van der Waals surface area contributed by atoms with Crippen LogP contribution in [0, 0.1) is 10.1 Å². The Bertz CT molecular complexity index is 164. The Kier molecular flexibility index (Phi) is 46.1. The van der Waals surface area contributed by atoms with Crippen LogP contribution in [0.4, 0.5) is 13.2 Å². The quantitative estimate of drug-likeness (QED) is 0.120. The van der Waals surface area contributed by atoms with Crippen LogP contribution in [0.2, 0.25) is 0 Å². The van der Waals surface area contributed by atoms with Crippen LogP contribution in [0.5, 0.6) is 0 Å². The minimum atomic E-state index is -4.19. The van der Waals surface area contributed by atoms with Crippen LogP contribution >= 0.6 is 11.6 Å². The zero-order valence-corrected chi connectivity index (χ0v) is 10.9. The minimum Gasteiger partial charge on any atom is -0.444 e. The summed E-state index contributed by atoms with van der Waals surface area (Å²) in [4.78, 5) is 10.6. The molecule has 0 atom stereocenters. The molecule has 0 aromatic carbocycles. The summed E-state index contributed by atoms with van der Waals surface area (Å²) in [6, 6.07) is 0. The summed E-state index contributed by atoms with van der Waals surface area (Å²) in [6.07, 6.45) is -2.89. The third kappa shape index (κ3) is 132. The van der Waals surface area contributed by atoms with Gasteiger partial charge in [0.15, 0.2) is 0 Å². The van der Waals surface area contributed by atoms with E-state index in [1.807, 2.05) is 0 Å². The summed E-state index contributed by atoms with van der Waals surface area (Å²) >= 11 is 4.35. The maximum absolute atomic E-state index is 10.7. The smallest absolute Gasteiger partial charge is 0.444 e. The zero-order valence-electron chi connectivity index (χ0n) is 8.16. The first kappa shape index (κ1) is 29.4.